The van der Waals surface area contributed by atoms with Crippen LogP contribution in [-0.4, -0.2) is 82.2 Å². The van der Waals surface area contributed by atoms with E-state index in [4.69, 9.17) is 9.47 Å². The number of imide groups is 2. The molecule has 0 aliphatic carbocycles. The number of β-amino-alcohol motifs (C(OH)–C–C–N with tert-alkyl or cyclic N) is 2. The molecule has 0 bridgehead atoms. The van der Waals surface area contributed by atoms with Crippen molar-refractivity contribution in [3.63, 3.8) is 0 Å². The van der Waals surface area contributed by atoms with Gasteiger partial charge < -0.3 is 19.7 Å². The highest BCUT2D eigenvalue weighted by atomic mass is 16.5. The van der Waals surface area contributed by atoms with Crippen molar-refractivity contribution in [1.82, 2.24) is 9.80 Å². The first-order valence-electron chi connectivity index (χ1n) is 12.6. The molecule has 1 aliphatic rings. The number of aliphatic hydroxyl groups is 2. The zero-order valence-electron chi connectivity index (χ0n) is 21.3. The fraction of sp³-hybridized carbons (Fsp3) is 0.200. The molecule has 10 heteroatoms. The molecule has 4 amide bonds. The predicted molar refractivity (Wildman–Crippen MR) is 144 cm³/mol. The maximum Gasteiger partial charge on any atom is 0.319 e. The van der Waals surface area contributed by atoms with Crippen LogP contribution in [0.2, 0.25) is 0 Å². The van der Waals surface area contributed by atoms with Gasteiger partial charge in [0.15, 0.2) is 0 Å². The van der Waals surface area contributed by atoms with Crippen molar-refractivity contribution < 1.29 is 38.9 Å². The number of carbonyl (C=O) groups is 4. The molecule has 10 nitrogen and oxygen atoms in total. The van der Waals surface area contributed by atoms with Crippen molar-refractivity contribution in [1.29, 1.82) is 0 Å². The lowest BCUT2D eigenvalue weighted by molar-refractivity contribution is -0.173. The summed E-state index contributed by atoms with van der Waals surface area (Å²) in [6, 6.07) is 25.7. The van der Waals surface area contributed by atoms with Gasteiger partial charge in [0.05, 0.1) is 13.1 Å². The van der Waals surface area contributed by atoms with Crippen LogP contribution in [0, 0.1) is 0 Å². The van der Waals surface area contributed by atoms with E-state index in [1.165, 1.54) is 0 Å². The zero-order valence-corrected chi connectivity index (χ0v) is 21.3. The largest absolute Gasteiger partial charge is 0.490 e. The van der Waals surface area contributed by atoms with Crippen LogP contribution in [0.4, 0.5) is 0 Å². The third-order valence-electron chi connectivity index (χ3n) is 6.49. The monoisotopic (exact) mass is 542 g/mol. The molecule has 4 aromatic rings. The lowest BCUT2D eigenvalue weighted by Gasteiger charge is -2.32. The molecule has 0 radical (unpaired) electrons. The van der Waals surface area contributed by atoms with Crippen LogP contribution in [0.1, 0.15) is 0 Å². The van der Waals surface area contributed by atoms with E-state index < -0.39 is 48.9 Å². The Morgan fingerprint density at radius 1 is 0.525 bits per heavy atom. The minimum atomic E-state index is -1.36. The second-order valence-electron chi connectivity index (χ2n) is 9.33. The molecule has 1 heterocycles. The summed E-state index contributed by atoms with van der Waals surface area (Å²) in [6.07, 6.45) is -2.72. The fourth-order valence-electron chi connectivity index (χ4n) is 4.52. The van der Waals surface area contributed by atoms with Crippen molar-refractivity contribution in [2.45, 2.75) is 12.2 Å². The quantitative estimate of drug-likeness (QED) is 0.229. The van der Waals surface area contributed by atoms with Gasteiger partial charge in [0.2, 0.25) is 0 Å². The molecule has 40 heavy (non-hydrogen) atoms. The Hall–Kier alpha value is -4.80. The number of amides is 4. The third-order valence-corrected chi connectivity index (χ3v) is 6.49. The fourth-order valence-corrected chi connectivity index (χ4v) is 4.52. The number of aliphatic hydroxyl groups excluding tert-OH is 2. The Kier molecular flexibility index (Phi) is 7.72. The standard InChI is InChI=1S/C30H26N2O8/c33-21(17-39-25-13-5-9-19-7-1-3-11-23(19)25)15-31-27(35)29(37)32(30(38)28(31)36)16-22(34)18-40-26-14-6-10-20-8-2-4-12-24(20)26/h1-14,21-22,33-34H,15-18H2/t21-,22+. The Labute approximate surface area is 228 Å². The second-order valence-corrected chi connectivity index (χ2v) is 9.33. The SMILES string of the molecule is O=C1C(=O)N(C[C@@H](O)COc2cccc3ccccc23)C(=O)C(=O)N1C[C@H](O)COc1cccc2ccccc12. The Balaban J connectivity index is 1.17. The van der Waals surface area contributed by atoms with Gasteiger partial charge in [-0.1, -0.05) is 72.8 Å². The van der Waals surface area contributed by atoms with Crippen molar-refractivity contribution in [2.24, 2.45) is 0 Å². The molecule has 2 N–H and O–H groups in total. The average molecular weight is 543 g/mol. The van der Waals surface area contributed by atoms with Crippen LogP contribution in [0.3, 0.4) is 0 Å². The third kappa shape index (κ3) is 5.49. The van der Waals surface area contributed by atoms with Gasteiger partial charge in [-0.05, 0) is 22.9 Å². The summed E-state index contributed by atoms with van der Waals surface area (Å²) in [5, 5.41) is 24.4. The normalized spacial score (nSPS) is 15.6. The van der Waals surface area contributed by atoms with Crippen molar-refractivity contribution >= 4 is 45.2 Å². The minimum absolute atomic E-state index is 0.290. The number of benzene rings is 4. The van der Waals surface area contributed by atoms with Crippen LogP contribution in [0.15, 0.2) is 84.9 Å². The smallest absolute Gasteiger partial charge is 0.319 e. The summed E-state index contributed by atoms with van der Waals surface area (Å²) >= 11 is 0. The zero-order chi connectivity index (χ0) is 28.2. The Morgan fingerprint density at radius 2 is 0.875 bits per heavy atom. The van der Waals surface area contributed by atoms with E-state index in [1.54, 1.807) is 24.3 Å². The van der Waals surface area contributed by atoms with Crippen LogP contribution in [0.25, 0.3) is 21.5 Å². The van der Waals surface area contributed by atoms with Gasteiger partial charge in [-0.3, -0.25) is 29.0 Å². The molecule has 0 aromatic heterocycles. The summed E-state index contributed by atoms with van der Waals surface area (Å²) in [5.41, 5.74) is 0. The molecule has 2 atom stereocenters. The molecule has 4 aromatic carbocycles. The van der Waals surface area contributed by atoms with Crippen molar-refractivity contribution in [3.05, 3.63) is 84.9 Å². The van der Waals surface area contributed by atoms with Crippen LogP contribution >= 0.6 is 0 Å². The van der Waals surface area contributed by atoms with E-state index in [0.29, 0.717) is 21.3 Å². The van der Waals surface area contributed by atoms with Gasteiger partial charge in [-0.2, -0.15) is 0 Å². The van der Waals surface area contributed by atoms with Gasteiger partial charge in [-0.15, -0.1) is 0 Å². The van der Waals surface area contributed by atoms with Crippen LogP contribution in [-0.2, 0) is 19.2 Å². The second kappa shape index (κ2) is 11.5. The number of nitrogens with zero attached hydrogens (tertiary/aromatic N) is 2. The highest BCUT2D eigenvalue weighted by Gasteiger charge is 2.46. The van der Waals surface area contributed by atoms with Gasteiger partial charge in [0, 0.05) is 10.8 Å². The number of piperazine rings is 1. The number of hydrogen-bond acceptors (Lipinski definition) is 8. The van der Waals surface area contributed by atoms with E-state index in [-0.39, 0.29) is 13.2 Å². The van der Waals surface area contributed by atoms with Gasteiger partial charge in [0.1, 0.15) is 36.9 Å². The average Bonchev–Trinajstić information content (AvgIpc) is 2.98. The molecule has 1 fully saturated rings. The summed E-state index contributed by atoms with van der Waals surface area (Å²) in [6.45, 7) is -1.80. The first kappa shape index (κ1) is 26.8. The van der Waals surface area contributed by atoms with Gasteiger partial charge in [0.25, 0.3) is 0 Å². The van der Waals surface area contributed by atoms with Gasteiger partial charge in [-0.25, -0.2) is 0 Å². The first-order valence-corrected chi connectivity index (χ1v) is 12.6. The number of fused-ring (bicyclic) bond motifs is 2. The van der Waals surface area contributed by atoms with E-state index in [2.05, 4.69) is 0 Å². The summed E-state index contributed by atoms with van der Waals surface area (Å²) in [4.78, 5) is 51.5. The molecule has 0 spiro atoms. The topological polar surface area (TPSA) is 134 Å². The maximum atomic E-state index is 12.7. The molecule has 0 saturated carbocycles. The molecule has 204 valence electrons. The molecular formula is C30H26N2O8. The van der Waals surface area contributed by atoms with Crippen molar-refractivity contribution in [2.75, 3.05) is 26.3 Å². The maximum absolute atomic E-state index is 12.7. The summed E-state index contributed by atoms with van der Waals surface area (Å²) < 4.78 is 11.4. The number of hydrogen-bond donors (Lipinski definition) is 2. The highest BCUT2D eigenvalue weighted by molar-refractivity contribution is 6.54. The highest BCUT2D eigenvalue weighted by Crippen LogP contribution is 2.26. The van der Waals surface area contributed by atoms with Gasteiger partial charge >= 0.3 is 23.6 Å². The summed E-state index contributed by atoms with van der Waals surface area (Å²) in [7, 11) is 0. The Morgan fingerprint density at radius 3 is 1.27 bits per heavy atom. The van der Waals surface area contributed by atoms with E-state index in [0.717, 1.165) is 21.5 Å². The molecule has 0 unspecified atom stereocenters. The molecule has 1 saturated heterocycles. The number of ether oxygens (including phenoxy) is 2. The lowest BCUT2D eigenvalue weighted by atomic mass is 10.1. The Bertz CT molecular complexity index is 1450. The lowest BCUT2D eigenvalue weighted by Crippen LogP contribution is -2.63. The molecular weight excluding hydrogens is 516 g/mol. The van der Waals surface area contributed by atoms with E-state index in [1.807, 2.05) is 60.7 Å². The van der Waals surface area contributed by atoms with E-state index in [9.17, 15) is 29.4 Å². The van der Waals surface area contributed by atoms with Crippen LogP contribution in [0.5, 0.6) is 11.5 Å². The molecule has 1 aliphatic heterocycles. The number of rotatable bonds is 10. The first-order chi connectivity index (χ1) is 19.3. The summed E-state index contributed by atoms with van der Waals surface area (Å²) in [5.74, 6) is -4.14. The minimum Gasteiger partial charge on any atom is -0.490 e. The van der Waals surface area contributed by atoms with Crippen LogP contribution < -0.4 is 9.47 Å². The number of carbonyl (C=O) groups excluding carboxylic acids is 4. The predicted octanol–water partition coefficient (Wildman–Crippen LogP) is 1.90. The van der Waals surface area contributed by atoms with E-state index >= 15 is 0 Å². The van der Waals surface area contributed by atoms with Crippen molar-refractivity contribution in [3.8, 4) is 11.5 Å². The molecule has 5 rings (SSSR count).